The monoisotopic (exact) mass is 280 g/mol. The minimum absolute atomic E-state index is 0.310. The first kappa shape index (κ1) is 11.6. The summed E-state index contributed by atoms with van der Waals surface area (Å²) in [7, 11) is 0. The highest BCUT2D eigenvalue weighted by atomic mass is 79.9. The SMILES string of the molecule is CC(c1cccc(Br)c1)N1CCCCC1=N. The lowest BCUT2D eigenvalue weighted by Gasteiger charge is -2.35. The van der Waals surface area contributed by atoms with Crippen molar-refractivity contribution in [2.45, 2.75) is 32.2 Å². The van der Waals surface area contributed by atoms with Crippen LogP contribution >= 0.6 is 15.9 Å². The minimum atomic E-state index is 0.310. The van der Waals surface area contributed by atoms with Crippen molar-refractivity contribution >= 4 is 21.8 Å². The summed E-state index contributed by atoms with van der Waals surface area (Å²) in [5, 5.41) is 7.99. The molecule has 0 aliphatic carbocycles. The molecule has 1 aromatic carbocycles. The van der Waals surface area contributed by atoms with E-state index in [9.17, 15) is 0 Å². The van der Waals surface area contributed by atoms with Crippen LogP contribution in [0.4, 0.5) is 0 Å². The maximum absolute atomic E-state index is 7.99. The Hall–Kier alpha value is -0.830. The van der Waals surface area contributed by atoms with Crippen molar-refractivity contribution < 1.29 is 0 Å². The summed E-state index contributed by atoms with van der Waals surface area (Å²) in [5.41, 5.74) is 1.28. The molecule has 1 unspecified atom stereocenters. The molecule has 2 rings (SSSR count). The summed E-state index contributed by atoms with van der Waals surface area (Å²) in [6.45, 7) is 3.20. The van der Waals surface area contributed by atoms with Crippen molar-refractivity contribution in [3.05, 3.63) is 34.3 Å². The Labute approximate surface area is 105 Å². The van der Waals surface area contributed by atoms with E-state index in [0.29, 0.717) is 6.04 Å². The molecule has 1 aromatic rings. The third-order valence-corrected chi connectivity index (χ3v) is 3.70. The van der Waals surface area contributed by atoms with Crippen LogP contribution in [-0.4, -0.2) is 17.3 Å². The summed E-state index contributed by atoms with van der Waals surface area (Å²) in [5.74, 6) is 0.790. The summed E-state index contributed by atoms with van der Waals surface area (Å²) in [6.07, 6.45) is 3.31. The zero-order valence-corrected chi connectivity index (χ0v) is 11.1. The molecule has 3 heteroatoms. The minimum Gasteiger partial charge on any atom is -0.354 e. The molecule has 0 radical (unpaired) electrons. The maximum atomic E-state index is 7.99. The Morgan fingerprint density at radius 2 is 2.19 bits per heavy atom. The van der Waals surface area contributed by atoms with Crippen molar-refractivity contribution in [3.63, 3.8) is 0 Å². The number of halogens is 1. The van der Waals surface area contributed by atoms with Crippen LogP contribution in [-0.2, 0) is 0 Å². The fourth-order valence-electron chi connectivity index (χ4n) is 2.23. The molecule has 2 nitrogen and oxygen atoms in total. The smallest absolute Gasteiger partial charge is 0.0962 e. The predicted molar refractivity (Wildman–Crippen MR) is 70.8 cm³/mol. The molecule has 1 heterocycles. The van der Waals surface area contributed by atoms with Gasteiger partial charge in [0.25, 0.3) is 0 Å². The lowest BCUT2D eigenvalue weighted by molar-refractivity contribution is 0.299. The van der Waals surface area contributed by atoms with Crippen LogP contribution in [0, 0.1) is 5.41 Å². The highest BCUT2D eigenvalue weighted by molar-refractivity contribution is 9.10. The first-order valence-corrected chi connectivity index (χ1v) is 6.57. The summed E-state index contributed by atoms with van der Waals surface area (Å²) >= 11 is 3.50. The number of nitrogens with one attached hydrogen (secondary N) is 1. The topological polar surface area (TPSA) is 27.1 Å². The molecule has 0 bridgehead atoms. The first-order valence-electron chi connectivity index (χ1n) is 5.78. The molecule has 1 saturated heterocycles. The van der Waals surface area contributed by atoms with Gasteiger partial charge in [0.2, 0.25) is 0 Å². The van der Waals surface area contributed by atoms with Crippen LogP contribution in [0.15, 0.2) is 28.7 Å². The molecule has 1 fully saturated rings. The van der Waals surface area contributed by atoms with E-state index in [2.05, 4.69) is 46.0 Å². The van der Waals surface area contributed by atoms with Gasteiger partial charge in [-0.3, -0.25) is 5.41 Å². The fraction of sp³-hybridized carbons (Fsp3) is 0.462. The average molecular weight is 281 g/mol. The summed E-state index contributed by atoms with van der Waals surface area (Å²) in [6, 6.07) is 8.69. The molecule has 0 spiro atoms. The first-order chi connectivity index (χ1) is 7.68. The largest absolute Gasteiger partial charge is 0.354 e. The second-order valence-electron chi connectivity index (χ2n) is 4.33. The zero-order valence-electron chi connectivity index (χ0n) is 9.54. The van der Waals surface area contributed by atoms with Gasteiger partial charge in [-0.25, -0.2) is 0 Å². The van der Waals surface area contributed by atoms with Gasteiger partial charge < -0.3 is 4.90 Å². The Morgan fingerprint density at radius 1 is 1.38 bits per heavy atom. The van der Waals surface area contributed by atoms with Gasteiger partial charge >= 0.3 is 0 Å². The number of nitrogens with zero attached hydrogens (tertiary/aromatic N) is 1. The lowest BCUT2D eigenvalue weighted by atomic mass is 10.0. The Kier molecular flexibility index (Phi) is 3.64. The Balaban J connectivity index is 2.17. The average Bonchev–Trinajstić information content (AvgIpc) is 2.29. The molecule has 0 amide bonds. The van der Waals surface area contributed by atoms with E-state index >= 15 is 0 Å². The third kappa shape index (κ3) is 2.46. The maximum Gasteiger partial charge on any atom is 0.0962 e. The second-order valence-corrected chi connectivity index (χ2v) is 5.24. The molecule has 1 aliphatic rings. The number of hydrogen-bond acceptors (Lipinski definition) is 1. The standard InChI is InChI=1S/C13H17BrN2/c1-10(11-5-4-6-12(14)9-11)16-8-3-2-7-13(16)15/h4-6,9-10,15H,2-3,7-8H2,1H3. The van der Waals surface area contributed by atoms with Gasteiger partial charge in [0.1, 0.15) is 0 Å². The van der Waals surface area contributed by atoms with Gasteiger partial charge in [0.15, 0.2) is 0 Å². The van der Waals surface area contributed by atoms with Crippen LogP contribution in [0.2, 0.25) is 0 Å². The quantitative estimate of drug-likeness (QED) is 0.872. The normalized spacial score (nSPS) is 18.6. The van der Waals surface area contributed by atoms with E-state index < -0.39 is 0 Å². The second kappa shape index (κ2) is 5.00. The molecule has 86 valence electrons. The number of piperidine rings is 1. The van der Waals surface area contributed by atoms with E-state index in [1.54, 1.807) is 0 Å². The highest BCUT2D eigenvalue weighted by Gasteiger charge is 2.21. The van der Waals surface area contributed by atoms with Gasteiger partial charge in [-0.1, -0.05) is 28.1 Å². The van der Waals surface area contributed by atoms with E-state index in [0.717, 1.165) is 23.3 Å². The molecule has 1 N–H and O–H groups in total. The molecular weight excluding hydrogens is 264 g/mol. The molecular formula is C13H17BrN2. The lowest BCUT2D eigenvalue weighted by Crippen LogP contribution is -2.36. The van der Waals surface area contributed by atoms with E-state index in [4.69, 9.17) is 5.41 Å². The number of amidine groups is 1. The highest BCUT2D eigenvalue weighted by Crippen LogP contribution is 2.26. The summed E-state index contributed by atoms with van der Waals surface area (Å²) < 4.78 is 1.11. The fourth-order valence-corrected chi connectivity index (χ4v) is 2.64. The molecule has 0 saturated carbocycles. The van der Waals surface area contributed by atoms with Crippen LogP contribution in [0.5, 0.6) is 0 Å². The van der Waals surface area contributed by atoms with Crippen LogP contribution in [0.3, 0.4) is 0 Å². The van der Waals surface area contributed by atoms with E-state index in [1.807, 2.05) is 6.07 Å². The van der Waals surface area contributed by atoms with Crippen molar-refractivity contribution in [1.82, 2.24) is 4.90 Å². The Morgan fingerprint density at radius 3 is 2.88 bits per heavy atom. The third-order valence-electron chi connectivity index (χ3n) is 3.21. The van der Waals surface area contributed by atoms with Gasteiger partial charge in [-0.05, 0) is 37.5 Å². The van der Waals surface area contributed by atoms with Gasteiger partial charge in [0.05, 0.1) is 11.9 Å². The molecule has 16 heavy (non-hydrogen) atoms. The zero-order chi connectivity index (χ0) is 11.5. The number of likely N-dealkylation sites (tertiary alicyclic amines) is 1. The number of benzene rings is 1. The van der Waals surface area contributed by atoms with Crippen molar-refractivity contribution in [3.8, 4) is 0 Å². The summed E-state index contributed by atoms with van der Waals surface area (Å²) in [4.78, 5) is 2.21. The van der Waals surface area contributed by atoms with Crippen LogP contribution in [0.1, 0.15) is 37.8 Å². The van der Waals surface area contributed by atoms with Crippen LogP contribution in [0.25, 0.3) is 0 Å². The van der Waals surface area contributed by atoms with Crippen molar-refractivity contribution in [2.75, 3.05) is 6.54 Å². The van der Waals surface area contributed by atoms with Crippen molar-refractivity contribution in [1.29, 1.82) is 5.41 Å². The van der Waals surface area contributed by atoms with E-state index in [-0.39, 0.29) is 0 Å². The Bertz CT molecular complexity index is 389. The van der Waals surface area contributed by atoms with Gasteiger partial charge in [0, 0.05) is 17.4 Å². The van der Waals surface area contributed by atoms with Crippen molar-refractivity contribution in [2.24, 2.45) is 0 Å². The van der Waals surface area contributed by atoms with Gasteiger partial charge in [-0.2, -0.15) is 0 Å². The molecule has 1 aliphatic heterocycles. The van der Waals surface area contributed by atoms with Gasteiger partial charge in [-0.15, -0.1) is 0 Å². The number of hydrogen-bond donors (Lipinski definition) is 1. The van der Waals surface area contributed by atoms with Crippen LogP contribution < -0.4 is 0 Å². The van der Waals surface area contributed by atoms with E-state index in [1.165, 1.54) is 18.4 Å². The number of rotatable bonds is 2. The molecule has 1 atom stereocenters. The predicted octanol–water partition coefficient (Wildman–Crippen LogP) is 3.97. The molecule has 0 aromatic heterocycles.